The highest BCUT2D eigenvalue weighted by atomic mass is 19.1. The first-order valence-corrected chi connectivity index (χ1v) is 7.05. The highest BCUT2D eigenvalue weighted by Gasteiger charge is 2.38. The van der Waals surface area contributed by atoms with E-state index in [4.69, 9.17) is 5.73 Å². The first kappa shape index (κ1) is 15.9. The smallest absolute Gasteiger partial charge is 0.251 e. The zero-order valence-corrected chi connectivity index (χ0v) is 12.2. The van der Waals surface area contributed by atoms with Gasteiger partial charge in [0.25, 0.3) is 5.91 Å². The molecule has 0 saturated heterocycles. The molecule has 1 aromatic carbocycles. The summed E-state index contributed by atoms with van der Waals surface area (Å²) in [6, 6.07) is 3.58. The van der Waals surface area contributed by atoms with Gasteiger partial charge in [0.15, 0.2) is 0 Å². The van der Waals surface area contributed by atoms with Crippen molar-refractivity contribution < 1.29 is 18.8 Å². The number of rotatable bonds is 6. The Kier molecular flexibility index (Phi) is 4.75. The van der Waals surface area contributed by atoms with E-state index in [0.717, 1.165) is 12.5 Å². The molecule has 3 amide bonds. The third-order valence-electron chi connectivity index (χ3n) is 3.61. The van der Waals surface area contributed by atoms with Crippen molar-refractivity contribution in [1.29, 1.82) is 0 Å². The largest absolute Gasteiger partial charge is 0.366 e. The molecular weight excluding hydrogens is 289 g/mol. The number of carbonyl (C=O) groups excluding carboxylic acids is 3. The number of hydrogen-bond donors (Lipinski definition) is 3. The zero-order valence-electron chi connectivity index (χ0n) is 12.2. The molecule has 2 atom stereocenters. The van der Waals surface area contributed by atoms with Crippen molar-refractivity contribution in [3.05, 3.63) is 29.6 Å². The van der Waals surface area contributed by atoms with Crippen LogP contribution in [0.5, 0.6) is 0 Å². The topological polar surface area (TPSA) is 101 Å². The van der Waals surface area contributed by atoms with Gasteiger partial charge < -0.3 is 16.4 Å². The van der Waals surface area contributed by atoms with Crippen LogP contribution in [-0.4, -0.2) is 24.3 Å². The minimum Gasteiger partial charge on any atom is -0.366 e. The van der Waals surface area contributed by atoms with Crippen molar-refractivity contribution >= 4 is 23.4 Å². The van der Waals surface area contributed by atoms with Gasteiger partial charge in [0.2, 0.25) is 11.8 Å². The van der Waals surface area contributed by atoms with Crippen LogP contribution in [-0.2, 0) is 9.59 Å². The lowest BCUT2D eigenvalue weighted by Gasteiger charge is -2.08. The van der Waals surface area contributed by atoms with Crippen LogP contribution in [0.4, 0.5) is 10.1 Å². The zero-order chi connectivity index (χ0) is 16.3. The average Bonchev–Trinajstić information content (AvgIpc) is 3.17. The van der Waals surface area contributed by atoms with E-state index in [9.17, 15) is 18.8 Å². The lowest BCUT2D eigenvalue weighted by atomic mass is 10.1. The molecule has 0 aliphatic heterocycles. The van der Waals surface area contributed by atoms with Crippen LogP contribution in [0.15, 0.2) is 18.2 Å². The molecule has 7 heteroatoms. The maximum Gasteiger partial charge on any atom is 0.251 e. The Balaban J connectivity index is 1.80. The summed E-state index contributed by atoms with van der Waals surface area (Å²) in [7, 11) is 0. The Morgan fingerprint density at radius 2 is 2.05 bits per heavy atom. The van der Waals surface area contributed by atoms with Crippen molar-refractivity contribution in [1.82, 2.24) is 5.32 Å². The molecule has 0 radical (unpaired) electrons. The minimum absolute atomic E-state index is 0.0295. The fourth-order valence-electron chi connectivity index (χ4n) is 2.13. The molecule has 4 N–H and O–H groups in total. The number of anilines is 1. The van der Waals surface area contributed by atoms with Crippen molar-refractivity contribution in [2.75, 3.05) is 11.9 Å². The quantitative estimate of drug-likeness (QED) is 0.731. The number of primary amides is 1. The van der Waals surface area contributed by atoms with Gasteiger partial charge in [0.1, 0.15) is 5.82 Å². The molecule has 6 nitrogen and oxygen atoms in total. The summed E-state index contributed by atoms with van der Waals surface area (Å²) in [5.41, 5.74) is 5.03. The maximum atomic E-state index is 13.3. The summed E-state index contributed by atoms with van der Waals surface area (Å²) in [6.07, 6.45) is 0.986. The highest BCUT2D eigenvalue weighted by Crippen LogP contribution is 2.37. The van der Waals surface area contributed by atoms with Crippen molar-refractivity contribution in [2.45, 2.75) is 19.8 Å². The summed E-state index contributed by atoms with van der Waals surface area (Å²) in [6.45, 7) is 2.24. The molecule has 0 unspecified atom stereocenters. The summed E-state index contributed by atoms with van der Waals surface area (Å²) in [5.74, 6) is -1.53. The van der Waals surface area contributed by atoms with Crippen molar-refractivity contribution in [3.63, 3.8) is 0 Å². The predicted octanol–water partition coefficient (Wildman–Crippen LogP) is 1.03. The predicted molar refractivity (Wildman–Crippen MR) is 78.4 cm³/mol. The monoisotopic (exact) mass is 307 g/mol. The number of nitrogens with two attached hydrogens (primary N) is 1. The van der Waals surface area contributed by atoms with E-state index in [1.165, 1.54) is 12.1 Å². The van der Waals surface area contributed by atoms with E-state index >= 15 is 0 Å². The molecule has 1 fully saturated rings. The molecule has 1 aliphatic rings. The van der Waals surface area contributed by atoms with Gasteiger partial charge >= 0.3 is 0 Å². The van der Waals surface area contributed by atoms with E-state index in [1.54, 1.807) is 0 Å². The first-order chi connectivity index (χ1) is 10.4. The average molecular weight is 307 g/mol. The van der Waals surface area contributed by atoms with Crippen LogP contribution >= 0.6 is 0 Å². The third kappa shape index (κ3) is 4.03. The molecule has 0 heterocycles. The molecule has 1 aliphatic carbocycles. The van der Waals surface area contributed by atoms with E-state index in [2.05, 4.69) is 10.6 Å². The molecule has 0 spiro atoms. The molecule has 22 heavy (non-hydrogen) atoms. The summed E-state index contributed by atoms with van der Waals surface area (Å²) < 4.78 is 13.3. The molecule has 1 saturated carbocycles. The fraction of sp³-hybridized carbons (Fsp3) is 0.400. The summed E-state index contributed by atoms with van der Waals surface area (Å²) in [5, 5.41) is 5.22. The van der Waals surface area contributed by atoms with Gasteiger partial charge in [0.05, 0.1) is 5.56 Å². The summed E-state index contributed by atoms with van der Waals surface area (Å²) >= 11 is 0. The Morgan fingerprint density at radius 3 is 2.64 bits per heavy atom. The van der Waals surface area contributed by atoms with Crippen LogP contribution in [0, 0.1) is 17.7 Å². The van der Waals surface area contributed by atoms with Crippen LogP contribution in [0.25, 0.3) is 0 Å². The van der Waals surface area contributed by atoms with Gasteiger partial charge in [-0.05, 0) is 30.5 Å². The Labute approximate surface area is 127 Å². The number of benzene rings is 1. The molecule has 0 bridgehead atoms. The Hall–Kier alpha value is -2.44. The highest BCUT2D eigenvalue weighted by molar-refractivity contribution is 5.96. The number of carbonyl (C=O) groups is 3. The number of hydrogen-bond acceptors (Lipinski definition) is 3. The standard InChI is InChI=1S/C15H18FN3O3/c1-8-6-10(8)15(22)18-5-4-13(20)19-9-2-3-12(16)11(7-9)14(17)21/h2-3,7-8,10H,4-6H2,1H3,(H2,17,21)(H,18,22)(H,19,20)/t8-,10-/m1/s1. The van der Waals surface area contributed by atoms with E-state index in [1.807, 2.05) is 6.92 Å². The van der Waals surface area contributed by atoms with E-state index < -0.39 is 11.7 Å². The van der Waals surface area contributed by atoms with E-state index in [0.29, 0.717) is 5.92 Å². The van der Waals surface area contributed by atoms with Gasteiger partial charge in [-0.2, -0.15) is 0 Å². The molecule has 2 rings (SSSR count). The van der Waals surface area contributed by atoms with Gasteiger partial charge in [0, 0.05) is 24.6 Å². The van der Waals surface area contributed by atoms with Crippen LogP contribution in [0.1, 0.15) is 30.1 Å². The molecule has 1 aromatic rings. The van der Waals surface area contributed by atoms with Gasteiger partial charge in [-0.25, -0.2) is 4.39 Å². The second kappa shape index (κ2) is 6.55. The third-order valence-corrected chi connectivity index (χ3v) is 3.61. The number of halogens is 1. The van der Waals surface area contributed by atoms with Crippen LogP contribution in [0.2, 0.25) is 0 Å². The Bertz CT molecular complexity index is 618. The van der Waals surface area contributed by atoms with Gasteiger partial charge in [-0.15, -0.1) is 0 Å². The molecule has 118 valence electrons. The summed E-state index contributed by atoms with van der Waals surface area (Å²) in [4.78, 5) is 34.3. The van der Waals surface area contributed by atoms with Gasteiger partial charge in [-0.1, -0.05) is 6.92 Å². The fourth-order valence-corrected chi connectivity index (χ4v) is 2.13. The second-order valence-electron chi connectivity index (χ2n) is 5.47. The second-order valence-corrected chi connectivity index (χ2v) is 5.47. The maximum absolute atomic E-state index is 13.3. The van der Waals surface area contributed by atoms with Crippen LogP contribution in [0.3, 0.4) is 0 Å². The molecular formula is C15H18FN3O3. The molecule has 0 aromatic heterocycles. The van der Waals surface area contributed by atoms with Crippen molar-refractivity contribution in [2.24, 2.45) is 17.6 Å². The number of amides is 3. The SMILES string of the molecule is C[C@@H]1C[C@H]1C(=O)NCCC(=O)Nc1ccc(F)c(C(N)=O)c1. The first-order valence-electron chi connectivity index (χ1n) is 7.05. The minimum atomic E-state index is -0.903. The van der Waals surface area contributed by atoms with E-state index in [-0.39, 0.29) is 41.9 Å². The normalized spacial score (nSPS) is 19.4. The number of nitrogens with one attached hydrogen (secondary N) is 2. The van der Waals surface area contributed by atoms with Crippen LogP contribution < -0.4 is 16.4 Å². The Morgan fingerprint density at radius 1 is 1.36 bits per heavy atom. The lowest BCUT2D eigenvalue weighted by Crippen LogP contribution is -2.29. The lowest BCUT2D eigenvalue weighted by molar-refractivity contribution is -0.122. The van der Waals surface area contributed by atoms with Crippen molar-refractivity contribution in [3.8, 4) is 0 Å². The van der Waals surface area contributed by atoms with Gasteiger partial charge in [-0.3, -0.25) is 14.4 Å².